The number of aromatic amines is 1. The summed E-state index contributed by atoms with van der Waals surface area (Å²) in [5.41, 5.74) is 8.86. The summed E-state index contributed by atoms with van der Waals surface area (Å²) in [5.74, 6) is 0.458. The van der Waals surface area contributed by atoms with Gasteiger partial charge in [0.05, 0.1) is 11.4 Å². The summed E-state index contributed by atoms with van der Waals surface area (Å²) in [6, 6.07) is 10.5. The van der Waals surface area contributed by atoms with Crippen LogP contribution >= 0.6 is 0 Å². The predicted molar refractivity (Wildman–Crippen MR) is 85.2 cm³/mol. The molecule has 22 heavy (non-hydrogen) atoms. The molecule has 3 rings (SSSR count). The maximum absolute atomic E-state index is 5.56. The van der Waals surface area contributed by atoms with Gasteiger partial charge in [-0.2, -0.15) is 0 Å². The van der Waals surface area contributed by atoms with Crippen LogP contribution in [0.4, 0.5) is 5.95 Å². The van der Waals surface area contributed by atoms with Gasteiger partial charge >= 0.3 is 0 Å². The Kier molecular flexibility index (Phi) is 4.48. The molecule has 0 aliphatic heterocycles. The number of hydrogen-bond donors (Lipinski definition) is 2. The second-order valence-electron chi connectivity index (χ2n) is 5.34. The molecule has 2 aromatic heterocycles. The molecule has 2 heterocycles. The number of nitrogen functional groups attached to an aromatic ring is 1. The number of H-pyrrole nitrogens is 1. The molecule has 0 saturated carbocycles. The Bertz CT molecular complexity index is 700. The van der Waals surface area contributed by atoms with Gasteiger partial charge in [0.25, 0.3) is 0 Å². The highest BCUT2D eigenvalue weighted by Gasteiger charge is 2.04. The Morgan fingerprint density at radius 1 is 1.05 bits per heavy atom. The van der Waals surface area contributed by atoms with E-state index in [0.29, 0.717) is 5.95 Å². The number of aromatic nitrogens is 5. The first kappa shape index (κ1) is 14.3. The summed E-state index contributed by atoms with van der Waals surface area (Å²) in [5, 5.41) is 8.39. The number of rotatable bonds is 7. The summed E-state index contributed by atoms with van der Waals surface area (Å²) in [6.07, 6.45) is 7.60. The topological polar surface area (TPSA) is 85.4 Å². The van der Waals surface area contributed by atoms with E-state index in [4.69, 9.17) is 5.73 Å². The molecule has 0 atom stereocenters. The van der Waals surface area contributed by atoms with Gasteiger partial charge in [-0.1, -0.05) is 35.5 Å². The van der Waals surface area contributed by atoms with Crippen LogP contribution in [0.3, 0.4) is 0 Å². The lowest BCUT2D eigenvalue weighted by molar-refractivity contribution is 0.558. The zero-order chi connectivity index (χ0) is 15.2. The minimum Gasteiger partial charge on any atom is -0.369 e. The number of nitrogens with two attached hydrogens (primary N) is 1. The molecule has 0 spiro atoms. The third-order valence-electron chi connectivity index (χ3n) is 3.57. The number of imidazole rings is 1. The number of anilines is 1. The van der Waals surface area contributed by atoms with E-state index in [1.165, 1.54) is 5.56 Å². The molecule has 6 heteroatoms. The highest BCUT2D eigenvalue weighted by atomic mass is 15.4. The van der Waals surface area contributed by atoms with Crippen molar-refractivity contribution in [2.75, 3.05) is 5.73 Å². The van der Waals surface area contributed by atoms with Crippen molar-refractivity contribution in [2.24, 2.45) is 0 Å². The van der Waals surface area contributed by atoms with Gasteiger partial charge in [0.1, 0.15) is 0 Å². The molecule has 114 valence electrons. The van der Waals surface area contributed by atoms with Crippen LogP contribution in [0.25, 0.3) is 0 Å². The minimum atomic E-state index is 0.458. The van der Waals surface area contributed by atoms with Crippen molar-refractivity contribution >= 4 is 5.95 Å². The first-order valence-corrected chi connectivity index (χ1v) is 7.52. The van der Waals surface area contributed by atoms with Gasteiger partial charge in [0.2, 0.25) is 0 Å². The van der Waals surface area contributed by atoms with Gasteiger partial charge in [-0.3, -0.25) is 4.68 Å². The number of nitrogens with one attached hydrogen (secondary N) is 1. The molecule has 0 radical (unpaired) electrons. The zero-order valence-electron chi connectivity index (χ0n) is 12.4. The summed E-state index contributed by atoms with van der Waals surface area (Å²) in [7, 11) is 0. The van der Waals surface area contributed by atoms with Crippen molar-refractivity contribution in [1.29, 1.82) is 0 Å². The van der Waals surface area contributed by atoms with E-state index in [9.17, 15) is 0 Å². The average molecular weight is 296 g/mol. The molecule has 0 saturated heterocycles. The van der Waals surface area contributed by atoms with E-state index in [0.717, 1.165) is 43.6 Å². The Hall–Kier alpha value is -2.63. The van der Waals surface area contributed by atoms with Crippen LogP contribution in [0, 0.1) is 0 Å². The smallest absolute Gasteiger partial charge is 0.197 e. The number of hydrogen-bond acceptors (Lipinski definition) is 4. The standard InChI is InChI=1S/C16H20N6/c17-16-18-11-14(19-16)8-9-15-12-22(21-20-15)10-4-7-13-5-2-1-3-6-13/h1-3,5-6,11-12H,4,7-10H2,(H3,17,18,19). The van der Waals surface area contributed by atoms with Gasteiger partial charge in [0, 0.05) is 18.9 Å². The first-order chi connectivity index (χ1) is 10.8. The largest absolute Gasteiger partial charge is 0.369 e. The molecule has 1 aromatic carbocycles. The molecule has 6 nitrogen and oxygen atoms in total. The fourth-order valence-electron chi connectivity index (χ4n) is 2.41. The Balaban J connectivity index is 1.45. The van der Waals surface area contributed by atoms with Crippen molar-refractivity contribution in [3.63, 3.8) is 0 Å². The monoisotopic (exact) mass is 296 g/mol. The van der Waals surface area contributed by atoms with Gasteiger partial charge in [0.15, 0.2) is 5.95 Å². The zero-order valence-corrected chi connectivity index (χ0v) is 12.4. The molecule has 3 N–H and O–H groups in total. The maximum Gasteiger partial charge on any atom is 0.197 e. The van der Waals surface area contributed by atoms with E-state index >= 15 is 0 Å². The van der Waals surface area contributed by atoms with Gasteiger partial charge in [-0.05, 0) is 31.2 Å². The maximum atomic E-state index is 5.56. The van der Waals surface area contributed by atoms with Crippen LogP contribution in [-0.2, 0) is 25.8 Å². The molecule has 0 aliphatic carbocycles. The Morgan fingerprint density at radius 2 is 1.86 bits per heavy atom. The highest BCUT2D eigenvalue weighted by molar-refractivity contribution is 5.19. The summed E-state index contributed by atoms with van der Waals surface area (Å²) >= 11 is 0. The molecule has 0 unspecified atom stereocenters. The number of nitrogens with zero attached hydrogens (tertiary/aromatic N) is 4. The van der Waals surface area contributed by atoms with E-state index in [-0.39, 0.29) is 0 Å². The predicted octanol–water partition coefficient (Wildman–Crippen LogP) is 2.00. The van der Waals surface area contributed by atoms with Gasteiger partial charge in [-0.25, -0.2) is 4.98 Å². The summed E-state index contributed by atoms with van der Waals surface area (Å²) < 4.78 is 1.91. The van der Waals surface area contributed by atoms with E-state index in [1.807, 2.05) is 23.1 Å². The third-order valence-corrected chi connectivity index (χ3v) is 3.57. The van der Waals surface area contributed by atoms with Gasteiger partial charge < -0.3 is 10.7 Å². The average Bonchev–Trinajstić information content (AvgIpc) is 3.15. The summed E-state index contributed by atoms with van der Waals surface area (Å²) in [4.78, 5) is 7.06. The number of benzene rings is 1. The summed E-state index contributed by atoms with van der Waals surface area (Å²) in [6.45, 7) is 0.886. The van der Waals surface area contributed by atoms with Crippen molar-refractivity contribution < 1.29 is 0 Å². The highest BCUT2D eigenvalue weighted by Crippen LogP contribution is 2.06. The fourth-order valence-corrected chi connectivity index (χ4v) is 2.41. The SMILES string of the molecule is Nc1nc(CCc2cn(CCCc3ccccc3)nn2)c[nH]1. The Morgan fingerprint density at radius 3 is 2.64 bits per heavy atom. The van der Waals surface area contributed by atoms with Crippen molar-refractivity contribution in [2.45, 2.75) is 32.2 Å². The molecular weight excluding hydrogens is 276 g/mol. The van der Waals surface area contributed by atoms with Crippen LogP contribution in [0.1, 0.15) is 23.4 Å². The first-order valence-electron chi connectivity index (χ1n) is 7.52. The molecule has 3 aromatic rings. The molecular formula is C16H20N6. The molecule has 0 fully saturated rings. The quantitative estimate of drug-likeness (QED) is 0.698. The van der Waals surface area contributed by atoms with Crippen LogP contribution < -0.4 is 5.73 Å². The van der Waals surface area contributed by atoms with Crippen LogP contribution in [0.5, 0.6) is 0 Å². The lowest BCUT2D eigenvalue weighted by Crippen LogP contribution is -2.00. The minimum absolute atomic E-state index is 0.458. The van der Waals surface area contributed by atoms with Crippen LogP contribution in [0.15, 0.2) is 42.7 Å². The van der Waals surface area contributed by atoms with Crippen molar-refractivity contribution in [3.05, 3.63) is 59.7 Å². The second-order valence-corrected chi connectivity index (χ2v) is 5.34. The Labute approximate surface area is 129 Å². The van der Waals surface area contributed by atoms with Crippen molar-refractivity contribution in [1.82, 2.24) is 25.0 Å². The molecule has 0 bridgehead atoms. The van der Waals surface area contributed by atoms with E-state index < -0.39 is 0 Å². The number of aryl methyl sites for hydroxylation is 4. The lowest BCUT2D eigenvalue weighted by Gasteiger charge is -2.01. The molecule has 0 aliphatic rings. The lowest BCUT2D eigenvalue weighted by atomic mass is 10.1. The van der Waals surface area contributed by atoms with E-state index in [2.05, 4.69) is 44.5 Å². The van der Waals surface area contributed by atoms with Crippen molar-refractivity contribution in [3.8, 4) is 0 Å². The fraction of sp³-hybridized carbons (Fsp3) is 0.312. The normalized spacial score (nSPS) is 10.9. The third kappa shape index (κ3) is 3.94. The van der Waals surface area contributed by atoms with E-state index in [1.54, 1.807) is 0 Å². The van der Waals surface area contributed by atoms with Crippen LogP contribution in [-0.4, -0.2) is 25.0 Å². The van der Waals surface area contributed by atoms with Crippen LogP contribution in [0.2, 0.25) is 0 Å². The second kappa shape index (κ2) is 6.89. The molecule has 0 amide bonds. The van der Waals surface area contributed by atoms with Gasteiger partial charge in [-0.15, -0.1) is 5.10 Å².